The molecule has 9 heteroatoms. The van der Waals surface area contributed by atoms with Crippen molar-refractivity contribution in [2.24, 2.45) is 0 Å². The van der Waals surface area contributed by atoms with Gasteiger partial charge in [-0.1, -0.05) is 24.3 Å². The lowest BCUT2D eigenvalue weighted by molar-refractivity contribution is -0.117. The Morgan fingerprint density at radius 2 is 2.07 bits per heavy atom. The lowest BCUT2D eigenvalue weighted by atomic mass is 10.0. The molecule has 0 aliphatic carbocycles. The second-order valence-electron chi connectivity index (χ2n) is 6.80. The smallest absolute Gasteiger partial charge is 0.248 e. The first kappa shape index (κ1) is 19.0. The minimum absolute atomic E-state index is 0.0120. The number of benzene rings is 2. The summed E-state index contributed by atoms with van der Waals surface area (Å²) in [6.45, 7) is 0. The van der Waals surface area contributed by atoms with Gasteiger partial charge < -0.3 is 4.74 Å². The predicted octanol–water partition coefficient (Wildman–Crippen LogP) is 2.09. The number of hydrogen-bond donors (Lipinski definition) is 4. The normalized spacial score (nSPS) is 18.6. The summed E-state index contributed by atoms with van der Waals surface area (Å²) >= 11 is 0. The Kier molecular flexibility index (Phi) is 5.50. The van der Waals surface area contributed by atoms with Gasteiger partial charge in [-0.25, -0.2) is 15.2 Å². The number of hydrogen-bond acceptors (Lipinski definition) is 6. The molecule has 1 fully saturated rings. The van der Waals surface area contributed by atoms with Crippen molar-refractivity contribution in [3.8, 4) is 5.75 Å². The first-order valence-electron chi connectivity index (χ1n) is 9.22. The summed E-state index contributed by atoms with van der Waals surface area (Å²) in [5, 5.41) is 9.54. The molecule has 29 heavy (non-hydrogen) atoms. The molecule has 3 aromatic rings. The Morgan fingerprint density at radius 1 is 1.24 bits per heavy atom. The van der Waals surface area contributed by atoms with Crippen LogP contribution >= 0.6 is 0 Å². The van der Waals surface area contributed by atoms with Crippen LogP contribution in [0.15, 0.2) is 48.5 Å². The maximum Gasteiger partial charge on any atom is 0.248 e. The van der Waals surface area contributed by atoms with Gasteiger partial charge >= 0.3 is 0 Å². The number of methoxy groups -OCH3 is 1. The first-order valence-corrected chi connectivity index (χ1v) is 9.22. The maximum absolute atomic E-state index is 13.0. The highest BCUT2D eigenvalue weighted by Gasteiger charge is 2.30. The van der Waals surface area contributed by atoms with Gasteiger partial charge in [-0.05, 0) is 41.8 Å². The predicted molar refractivity (Wildman–Crippen MR) is 105 cm³/mol. The van der Waals surface area contributed by atoms with Crippen LogP contribution < -0.4 is 20.9 Å². The molecular formula is C20H21FN6O2. The van der Waals surface area contributed by atoms with Gasteiger partial charge in [0.15, 0.2) is 0 Å². The minimum atomic E-state index is -0.426. The summed E-state index contributed by atoms with van der Waals surface area (Å²) in [6.07, 6.45) is 1.04. The minimum Gasteiger partial charge on any atom is -0.497 e. The number of H-pyrrole nitrogens is 1. The van der Waals surface area contributed by atoms with Gasteiger partial charge in [-0.3, -0.25) is 15.2 Å². The summed E-state index contributed by atoms with van der Waals surface area (Å²) < 4.78 is 18.2. The van der Waals surface area contributed by atoms with Crippen LogP contribution in [-0.4, -0.2) is 34.2 Å². The van der Waals surface area contributed by atoms with Gasteiger partial charge in [0, 0.05) is 12.5 Å². The molecule has 150 valence electrons. The Morgan fingerprint density at radius 3 is 2.86 bits per heavy atom. The maximum atomic E-state index is 13.0. The summed E-state index contributed by atoms with van der Waals surface area (Å²) in [4.78, 5) is 16.8. The number of hydrazine groups is 1. The molecule has 0 saturated carbocycles. The monoisotopic (exact) mass is 396 g/mol. The zero-order chi connectivity index (χ0) is 20.2. The number of amides is 1. The number of nitrogens with zero attached hydrogens (tertiary/aromatic N) is 2. The van der Waals surface area contributed by atoms with E-state index < -0.39 is 6.04 Å². The summed E-state index contributed by atoms with van der Waals surface area (Å²) in [7, 11) is 1.62. The fourth-order valence-electron chi connectivity index (χ4n) is 3.23. The molecule has 1 aromatic heterocycles. The molecule has 1 saturated heterocycles. The third kappa shape index (κ3) is 4.58. The van der Waals surface area contributed by atoms with Crippen molar-refractivity contribution in [1.82, 2.24) is 26.0 Å². The van der Waals surface area contributed by atoms with Crippen LogP contribution in [0.3, 0.4) is 0 Å². The van der Waals surface area contributed by atoms with Gasteiger partial charge in [0.1, 0.15) is 23.4 Å². The van der Waals surface area contributed by atoms with Gasteiger partial charge in [-0.2, -0.15) is 4.98 Å². The number of carbonyl (C=O) groups is 1. The van der Waals surface area contributed by atoms with Crippen molar-refractivity contribution < 1.29 is 13.9 Å². The van der Waals surface area contributed by atoms with Crippen molar-refractivity contribution in [3.63, 3.8) is 0 Å². The second-order valence-corrected chi connectivity index (χ2v) is 6.80. The number of rotatable bonds is 6. The Bertz CT molecular complexity index is 991. The zero-order valence-electron chi connectivity index (χ0n) is 15.8. The summed E-state index contributed by atoms with van der Waals surface area (Å²) in [5.74, 6) is 1.04. The van der Waals surface area contributed by atoms with E-state index in [1.54, 1.807) is 19.2 Å². The number of aromatic nitrogens is 3. The lowest BCUT2D eigenvalue weighted by Gasteiger charge is -2.11. The van der Waals surface area contributed by atoms with E-state index >= 15 is 0 Å². The molecule has 0 spiro atoms. The molecule has 2 aromatic carbocycles. The van der Waals surface area contributed by atoms with Crippen molar-refractivity contribution in [2.75, 3.05) is 12.4 Å². The molecular weight excluding hydrogens is 375 g/mol. The number of carbonyl (C=O) groups excluding carboxylic acids is 1. The molecule has 1 aliphatic heterocycles. The Labute approximate surface area is 166 Å². The van der Waals surface area contributed by atoms with Gasteiger partial charge in [0.05, 0.1) is 7.11 Å². The van der Waals surface area contributed by atoms with E-state index in [1.807, 2.05) is 24.3 Å². The van der Waals surface area contributed by atoms with E-state index in [1.165, 1.54) is 12.1 Å². The van der Waals surface area contributed by atoms with Gasteiger partial charge in [0.2, 0.25) is 11.9 Å². The molecule has 2 atom stereocenters. The molecule has 0 radical (unpaired) electrons. The highest BCUT2D eigenvalue weighted by Crippen LogP contribution is 2.25. The molecule has 4 N–H and O–H groups in total. The van der Waals surface area contributed by atoms with Crippen LogP contribution in [0.5, 0.6) is 5.75 Å². The molecule has 1 aliphatic rings. The highest BCUT2D eigenvalue weighted by atomic mass is 19.1. The van der Waals surface area contributed by atoms with E-state index in [2.05, 4.69) is 31.3 Å². The Hall–Kier alpha value is -3.30. The third-order valence-electron chi connectivity index (χ3n) is 4.77. The average Bonchev–Trinajstić information content (AvgIpc) is 3.40. The van der Waals surface area contributed by atoms with Crippen molar-refractivity contribution in [2.45, 2.75) is 24.9 Å². The lowest BCUT2D eigenvalue weighted by Crippen LogP contribution is -2.39. The van der Waals surface area contributed by atoms with Crippen LogP contribution in [0.1, 0.15) is 29.4 Å². The fraction of sp³-hybridized carbons (Fsp3) is 0.250. The third-order valence-corrected chi connectivity index (χ3v) is 4.77. The van der Waals surface area contributed by atoms with Crippen molar-refractivity contribution in [1.29, 1.82) is 0 Å². The average molecular weight is 396 g/mol. The van der Waals surface area contributed by atoms with Crippen molar-refractivity contribution in [3.05, 3.63) is 71.3 Å². The quantitative estimate of drug-likeness (QED) is 0.509. The number of anilines is 1. The Balaban J connectivity index is 1.34. The van der Waals surface area contributed by atoms with Crippen LogP contribution in [0.2, 0.25) is 0 Å². The number of nitrogens with one attached hydrogen (secondary N) is 4. The molecule has 0 bridgehead atoms. The molecule has 2 heterocycles. The van der Waals surface area contributed by atoms with Crippen LogP contribution in [0.25, 0.3) is 0 Å². The van der Waals surface area contributed by atoms with E-state index in [9.17, 15) is 9.18 Å². The molecule has 2 unspecified atom stereocenters. The SMILES string of the molecule is COc1cccc(C2CC(C(=O)Nc3n[nH]c(Cc4ccc(F)cc4)n3)NN2)c1. The highest BCUT2D eigenvalue weighted by molar-refractivity contribution is 5.93. The fourth-order valence-corrected chi connectivity index (χ4v) is 3.23. The molecule has 1 amide bonds. The topological polar surface area (TPSA) is 104 Å². The van der Waals surface area contributed by atoms with Crippen LogP contribution in [0, 0.1) is 5.82 Å². The number of aromatic amines is 1. The summed E-state index contributed by atoms with van der Waals surface area (Å²) in [6, 6.07) is 13.4. The second kappa shape index (κ2) is 8.38. The first-order chi connectivity index (χ1) is 14.1. The van der Waals surface area contributed by atoms with E-state index in [-0.39, 0.29) is 23.7 Å². The zero-order valence-corrected chi connectivity index (χ0v) is 15.8. The number of halogens is 1. The number of ether oxygens (including phenoxy) is 1. The van der Waals surface area contributed by atoms with E-state index in [0.717, 1.165) is 16.9 Å². The largest absolute Gasteiger partial charge is 0.497 e. The standard InChI is InChI=1S/C20H21FN6O2/c1-29-15-4-2-3-13(10-15)16-11-17(25-24-16)19(28)23-20-22-18(26-27-20)9-12-5-7-14(21)8-6-12/h2-8,10,16-17,24-25H,9,11H2,1H3,(H2,22,23,26,27,28). The molecule has 8 nitrogen and oxygen atoms in total. The van der Waals surface area contributed by atoms with Crippen LogP contribution in [0.4, 0.5) is 10.3 Å². The van der Waals surface area contributed by atoms with Crippen molar-refractivity contribution >= 4 is 11.9 Å². The van der Waals surface area contributed by atoms with Gasteiger partial charge in [-0.15, -0.1) is 5.10 Å². The summed E-state index contributed by atoms with van der Waals surface area (Å²) in [5.41, 5.74) is 8.07. The molecule has 4 rings (SSSR count). The van der Waals surface area contributed by atoms with E-state index in [4.69, 9.17) is 4.74 Å². The van der Waals surface area contributed by atoms with E-state index in [0.29, 0.717) is 18.7 Å². The van der Waals surface area contributed by atoms with Gasteiger partial charge in [0.25, 0.3) is 0 Å². The van der Waals surface area contributed by atoms with Crippen LogP contribution in [-0.2, 0) is 11.2 Å².